The van der Waals surface area contributed by atoms with Crippen molar-refractivity contribution < 1.29 is 0 Å². The third kappa shape index (κ3) is 3.22. The minimum Gasteiger partial charge on any atom is -0.372 e. The van der Waals surface area contributed by atoms with Crippen LogP contribution in [0.3, 0.4) is 0 Å². The normalized spacial score (nSPS) is 10.2. The Balaban J connectivity index is 2.71. The minimum absolute atomic E-state index is 0.807. The smallest absolute Gasteiger partial charge is 0.0407 e. The first-order valence-corrected chi connectivity index (χ1v) is 5.66. The fourth-order valence-corrected chi connectivity index (χ4v) is 1.69. The lowest BCUT2D eigenvalue weighted by molar-refractivity contribution is 0.745. The summed E-state index contributed by atoms with van der Waals surface area (Å²) in [6.07, 6.45) is 2.37. The Morgan fingerprint density at radius 2 is 1.50 bits per heavy atom. The zero-order valence-electron chi connectivity index (χ0n) is 8.96. The molecule has 0 spiro atoms. The monoisotopic (exact) mass is 211 g/mol. The molecule has 14 heavy (non-hydrogen) atoms. The van der Waals surface area contributed by atoms with E-state index in [1.807, 2.05) is 12.1 Å². The molecule has 0 aliphatic heterocycles. The Kier molecular flexibility index (Phi) is 4.81. The number of benzene rings is 1. The molecule has 0 saturated heterocycles. The van der Waals surface area contributed by atoms with Crippen LogP contribution in [0.25, 0.3) is 0 Å². The number of nitrogens with zero attached hydrogens (tertiary/aromatic N) is 1. The molecule has 0 N–H and O–H groups in total. The number of halogens is 1. The molecule has 0 heterocycles. The molecule has 1 aromatic rings. The summed E-state index contributed by atoms with van der Waals surface area (Å²) in [4.78, 5) is 2.40. The van der Waals surface area contributed by atoms with E-state index < -0.39 is 0 Å². The predicted octanol–water partition coefficient (Wildman–Crippen LogP) is 3.97. The zero-order valence-corrected chi connectivity index (χ0v) is 9.72. The summed E-state index contributed by atoms with van der Waals surface area (Å²) in [5.41, 5.74) is 1.28. The molecule has 0 aromatic heterocycles. The van der Waals surface area contributed by atoms with Crippen LogP contribution in [-0.4, -0.2) is 13.1 Å². The van der Waals surface area contributed by atoms with Crippen LogP contribution in [0, 0.1) is 0 Å². The molecule has 0 fully saturated rings. The van der Waals surface area contributed by atoms with Gasteiger partial charge >= 0.3 is 0 Å². The quantitative estimate of drug-likeness (QED) is 0.713. The lowest BCUT2D eigenvalue weighted by Crippen LogP contribution is -2.24. The van der Waals surface area contributed by atoms with E-state index in [1.54, 1.807) is 0 Å². The maximum Gasteiger partial charge on any atom is 0.0407 e. The van der Waals surface area contributed by atoms with Crippen LogP contribution < -0.4 is 4.90 Å². The SMILES string of the molecule is CCCN(CCC)c1ccc(Cl)cc1. The minimum atomic E-state index is 0.807. The number of hydrogen-bond donors (Lipinski definition) is 0. The van der Waals surface area contributed by atoms with Crippen molar-refractivity contribution in [2.24, 2.45) is 0 Å². The first-order chi connectivity index (χ1) is 6.77. The fraction of sp³-hybridized carbons (Fsp3) is 0.500. The second-order valence-electron chi connectivity index (χ2n) is 3.46. The lowest BCUT2D eigenvalue weighted by Gasteiger charge is -2.23. The molecular weight excluding hydrogens is 194 g/mol. The fourth-order valence-electron chi connectivity index (χ4n) is 1.56. The van der Waals surface area contributed by atoms with Crippen molar-refractivity contribution in [1.82, 2.24) is 0 Å². The summed E-state index contributed by atoms with van der Waals surface area (Å²) in [6.45, 7) is 6.65. The molecule has 0 bridgehead atoms. The average molecular weight is 212 g/mol. The summed E-state index contributed by atoms with van der Waals surface area (Å²) < 4.78 is 0. The summed E-state index contributed by atoms with van der Waals surface area (Å²) in [5.74, 6) is 0. The Morgan fingerprint density at radius 3 is 1.93 bits per heavy atom. The van der Waals surface area contributed by atoms with Gasteiger partial charge in [-0.15, -0.1) is 0 Å². The molecule has 1 aromatic carbocycles. The van der Waals surface area contributed by atoms with Gasteiger partial charge in [-0.1, -0.05) is 25.4 Å². The first-order valence-electron chi connectivity index (χ1n) is 5.28. The molecule has 78 valence electrons. The van der Waals surface area contributed by atoms with Crippen molar-refractivity contribution in [2.45, 2.75) is 26.7 Å². The largest absolute Gasteiger partial charge is 0.372 e. The van der Waals surface area contributed by atoms with Gasteiger partial charge in [0.1, 0.15) is 0 Å². The van der Waals surface area contributed by atoms with E-state index in [1.165, 1.54) is 18.5 Å². The molecule has 0 saturated carbocycles. The van der Waals surface area contributed by atoms with Gasteiger partial charge in [0.25, 0.3) is 0 Å². The Hall–Kier alpha value is -0.690. The van der Waals surface area contributed by atoms with Crippen molar-refractivity contribution in [3.8, 4) is 0 Å². The molecule has 1 rings (SSSR count). The van der Waals surface area contributed by atoms with E-state index in [2.05, 4.69) is 30.9 Å². The molecule has 2 heteroatoms. The molecule has 0 aliphatic carbocycles. The van der Waals surface area contributed by atoms with Gasteiger partial charge in [0.2, 0.25) is 0 Å². The van der Waals surface area contributed by atoms with Gasteiger partial charge in [-0.25, -0.2) is 0 Å². The van der Waals surface area contributed by atoms with E-state index >= 15 is 0 Å². The van der Waals surface area contributed by atoms with Crippen molar-refractivity contribution in [3.05, 3.63) is 29.3 Å². The predicted molar refractivity (Wildman–Crippen MR) is 64.2 cm³/mol. The van der Waals surface area contributed by atoms with E-state index in [9.17, 15) is 0 Å². The van der Waals surface area contributed by atoms with E-state index in [0.29, 0.717) is 0 Å². The number of rotatable bonds is 5. The highest BCUT2D eigenvalue weighted by molar-refractivity contribution is 6.30. The van der Waals surface area contributed by atoms with Crippen LogP contribution in [0.1, 0.15) is 26.7 Å². The standard InChI is InChI=1S/C12H18ClN/c1-3-9-14(10-4-2)12-7-5-11(13)6-8-12/h5-8H,3-4,9-10H2,1-2H3. The van der Waals surface area contributed by atoms with Crippen molar-refractivity contribution >= 4 is 17.3 Å². The molecule has 0 radical (unpaired) electrons. The van der Waals surface area contributed by atoms with Gasteiger partial charge in [0.05, 0.1) is 0 Å². The van der Waals surface area contributed by atoms with E-state index in [-0.39, 0.29) is 0 Å². The van der Waals surface area contributed by atoms with E-state index in [4.69, 9.17) is 11.6 Å². The highest BCUT2D eigenvalue weighted by Crippen LogP contribution is 2.18. The van der Waals surface area contributed by atoms with Gasteiger partial charge < -0.3 is 4.90 Å². The second kappa shape index (κ2) is 5.92. The Bertz CT molecular complexity index is 250. The number of anilines is 1. The average Bonchev–Trinajstić information content (AvgIpc) is 2.19. The van der Waals surface area contributed by atoms with Crippen molar-refractivity contribution in [3.63, 3.8) is 0 Å². The molecule has 0 atom stereocenters. The maximum atomic E-state index is 5.85. The molecule has 0 aliphatic rings. The zero-order chi connectivity index (χ0) is 10.4. The van der Waals surface area contributed by atoms with Gasteiger partial charge in [-0.3, -0.25) is 0 Å². The Labute approximate surface area is 91.7 Å². The van der Waals surface area contributed by atoms with Gasteiger partial charge in [-0.05, 0) is 37.1 Å². The van der Waals surface area contributed by atoms with Gasteiger partial charge in [0, 0.05) is 23.8 Å². The van der Waals surface area contributed by atoms with Gasteiger partial charge in [0.15, 0.2) is 0 Å². The first kappa shape index (κ1) is 11.4. The third-order valence-electron chi connectivity index (χ3n) is 2.18. The molecule has 0 amide bonds. The van der Waals surface area contributed by atoms with Crippen molar-refractivity contribution in [1.29, 1.82) is 0 Å². The van der Waals surface area contributed by atoms with Crippen LogP contribution in [0.5, 0.6) is 0 Å². The second-order valence-corrected chi connectivity index (χ2v) is 3.90. The molecule has 0 unspecified atom stereocenters. The topological polar surface area (TPSA) is 3.24 Å². The maximum absolute atomic E-state index is 5.85. The highest BCUT2D eigenvalue weighted by atomic mass is 35.5. The summed E-state index contributed by atoms with van der Waals surface area (Å²) in [5, 5.41) is 0.807. The van der Waals surface area contributed by atoms with Crippen LogP contribution in [-0.2, 0) is 0 Å². The van der Waals surface area contributed by atoms with Crippen LogP contribution in [0.15, 0.2) is 24.3 Å². The summed E-state index contributed by atoms with van der Waals surface area (Å²) in [6, 6.07) is 8.09. The Morgan fingerprint density at radius 1 is 1.00 bits per heavy atom. The van der Waals surface area contributed by atoms with Crippen molar-refractivity contribution in [2.75, 3.05) is 18.0 Å². The summed E-state index contributed by atoms with van der Waals surface area (Å²) >= 11 is 5.85. The third-order valence-corrected chi connectivity index (χ3v) is 2.43. The summed E-state index contributed by atoms with van der Waals surface area (Å²) in [7, 11) is 0. The molecule has 1 nitrogen and oxygen atoms in total. The lowest BCUT2D eigenvalue weighted by atomic mass is 10.2. The van der Waals surface area contributed by atoms with Crippen LogP contribution >= 0.6 is 11.6 Å². The number of hydrogen-bond acceptors (Lipinski definition) is 1. The van der Waals surface area contributed by atoms with E-state index in [0.717, 1.165) is 18.1 Å². The van der Waals surface area contributed by atoms with Crippen LogP contribution in [0.2, 0.25) is 5.02 Å². The molecular formula is C12H18ClN. The van der Waals surface area contributed by atoms with Crippen LogP contribution in [0.4, 0.5) is 5.69 Å². The highest BCUT2D eigenvalue weighted by Gasteiger charge is 2.03. The van der Waals surface area contributed by atoms with Gasteiger partial charge in [-0.2, -0.15) is 0 Å².